The summed E-state index contributed by atoms with van der Waals surface area (Å²) in [4.78, 5) is 22.1. The number of hydrogen-bond donors (Lipinski definition) is 0. The number of methoxy groups -OCH3 is 1. The third-order valence-electron chi connectivity index (χ3n) is 3.39. The summed E-state index contributed by atoms with van der Waals surface area (Å²) in [6, 6.07) is 7.71. The highest BCUT2D eigenvalue weighted by molar-refractivity contribution is 5.89. The lowest BCUT2D eigenvalue weighted by Crippen LogP contribution is -2.06. The number of ether oxygens (including phenoxy) is 3. The van der Waals surface area contributed by atoms with Gasteiger partial charge in [-0.15, -0.1) is 0 Å². The average molecular weight is 375 g/mol. The van der Waals surface area contributed by atoms with E-state index < -0.39 is 28.1 Å². The molecule has 0 amide bonds. The standard InChI is InChI=1S/C19H18FNO6/c1-3-10-26-16-8-4-13(11-18(16)25-2)5-9-19(22)27-17-12-14(20)6-7-15(17)21(23)24/h4-9,11-12H,3,10H2,1-2H3/b9-5+. The molecule has 2 aromatic rings. The Labute approximate surface area is 155 Å². The molecule has 0 spiro atoms. The number of halogens is 1. The molecule has 0 aromatic heterocycles. The van der Waals surface area contributed by atoms with Crippen molar-refractivity contribution in [3.63, 3.8) is 0 Å². The van der Waals surface area contributed by atoms with Gasteiger partial charge in [-0.2, -0.15) is 0 Å². The molecular weight excluding hydrogens is 357 g/mol. The second kappa shape index (κ2) is 9.33. The smallest absolute Gasteiger partial charge is 0.336 e. The van der Waals surface area contributed by atoms with E-state index in [9.17, 15) is 19.3 Å². The van der Waals surface area contributed by atoms with E-state index in [0.29, 0.717) is 23.7 Å². The molecule has 0 aliphatic carbocycles. The minimum Gasteiger partial charge on any atom is -0.493 e. The Hall–Kier alpha value is -3.42. The molecule has 0 bridgehead atoms. The van der Waals surface area contributed by atoms with Crippen molar-refractivity contribution in [3.8, 4) is 17.2 Å². The van der Waals surface area contributed by atoms with Crippen LogP contribution in [0.25, 0.3) is 6.08 Å². The first kappa shape index (κ1) is 19.9. The second-order valence-corrected chi connectivity index (χ2v) is 5.38. The van der Waals surface area contributed by atoms with Crippen LogP contribution in [-0.4, -0.2) is 24.6 Å². The van der Waals surface area contributed by atoms with Gasteiger partial charge in [0, 0.05) is 18.2 Å². The molecule has 0 atom stereocenters. The molecule has 0 heterocycles. The van der Waals surface area contributed by atoms with E-state index in [1.54, 1.807) is 18.2 Å². The zero-order chi connectivity index (χ0) is 19.8. The summed E-state index contributed by atoms with van der Waals surface area (Å²) in [5.41, 5.74) is 0.124. The minimum atomic E-state index is -0.881. The van der Waals surface area contributed by atoms with Gasteiger partial charge in [-0.1, -0.05) is 13.0 Å². The predicted octanol–water partition coefficient (Wildman–Crippen LogP) is 4.15. The van der Waals surface area contributed by atoms with Gasteiger partial charge in [0.1, 0.15) is 5.82 Å². The van der Waals surface area contributed by atoms with Gasteiger partial charge < -0.3 is 14.2 Å². The van der Waals surface area contributed by atoms with Gasteiger partial charge in [-0.05, 0) is 36.3 Å². The Morgan fingerprint density at radius 3 is 2.63 bits per heavy atom. The maximum absolute atomic E-state index is 13.3. The van der Waals surface area contributed by atoms with Gasteiger partial charge in [0.15, 0.2) is 11.5 Å². The van der Waals surface area contributed by atoms with Crippen molar-refractivity contribution in [2.75, 3.05) is 13.7 Å². The van der Waals surface area contributed by atoms with Crippen molar-refractivity contribution in [2.24, 2.45) is 0 Å². The lowest BCUT2D eigenvalue weighted by atomic mass is 10.2. The molecule has 0 N–H and O–H groups in total. The van der Waals surface area contributed by atoms with Crippen LogP contribution in [0.3, 0.4) is 0 Å². The molecule has 0 fully saturated rings. The van der Waals surface area contributed by atoms with Gasteiger partial charge >= 0.3 is 11.7 Å². The quantitative estimate of drug-likeness (QED) is 0.226. The van der Waals surface area contributed by atoms with Crippen LogP contribution in [0.2, 0.25) is 0 Å². The normalized spacial score (nSPS) is 10.6. The van der Waals surface area contributed by atoms with Crippen molar-refractivity contribution < 1.29 is 28.3 Å². The van der Waals surface area contributed by atoms with Crippen LogP contribution in [0.5, 0.6) is 17.2 Å². The lowest BCUT2D eigenvalue weighted by molar-refractivity contribution is -0.385. The monoisotopic (exact) mass is 375 g/mol. The van der Waals surface area contributed by atoms with Crippen molar-refractivity contribution in [2.45, 2.75) is 13.3 Å². The molecule has 0 aliphatic heterocycles. The number of rotatable bonds is 8. The summed E-state index contributed by atoms with van der Waals surface area (Å²) in [5.74, 6) is -1.02. The van der Waals surface area contributed by atoms with Crippen LogP contribution in [0.1, 0.15) is 18.9 Å². The van der Waals surface area contributed by atoms with E-state index in [1.807, 2.05) is 6.92 Å². The molecule has 2 aromatic carbocycles. The van der Waals surface area contributed by atoms with Crippen LogP contribution >= 0.6 is 0 Å². The first-order valence-electron chi connectivity index (χ1n) is 8.09. The molecular formula is C19H18FNO6. The van der Waals surface area contributed by atoms with E-state index in [1.165, 1.54) is 13.2 Å². The molecule has 2 rings (SSSR count). The van der Waals surface area contributed by atoms with E-state index in [-0.39, 0.29) is 0 Å². The molecule has 0 radical (unpaired) electrons. The third kappa shape index (κ3) is 5.53. The molecule has 0 aliphatic rings. The summed E-state index contributed by atoms with van der Waals surface area (Å²) in [7, 11) is 1.50. The highest BCUT2D eigenvalue weighted by Crippen LogP contribution is 2.29. The van der Waals surface area contributed by atoms with Crippen LogP contribution in [0, 0.1) is 15.9 Å². The number of hydrogen-bond acceptors (Lipinski definition) is 6. The SMILES string of the molecule is CCCOc1ccc(/C=C/C(=O)Oc2cc(F)ccc2[N+](=O)[O-])cc1OC. The number of carbonyl (C=O) groups excluding carboxylic acids is 1. The van der Waals surface area contributed by atoms with E-state index >= 15 is 0 Å². The van der Waals surface area contributed by atoms with Gasteiger partial charge in [-0.25, -0.2) is 9.18 Å². The fraction of sp³-hybridized carbons (Fsp3) is 0.211. The van der Waals surface area contributed by atoms with Gasteiger partial charge in [-0.3, -0.25) is 10.1 Å². The molecule has 142 valence electrons. The highest BCUT2D eigenvalue weighted by atomic mass is 19.1. The maximum atomic E-state index is 13.3. The largest absolute Gasteiger partial charge is 0.493 e. The summed E-state index contributed by atoms with van der Waals surface area (Å²) in [5, 5.41) is 10.9. The number of carbonyl (C=O) groups is 1. The van der Waals surface area contributed by atoms with Gasteiger partial charge in [0.05, 0.1) is 18.6 Å². The van der Waals surface area contributed by atoms with Crippen molar-refractivity contribution in [1.29, 1.82) is 0 Å². The van der Waals surface area contributed by atoms with Crippen LogP contribution in [0.15, 0.2) is 42.5 Å². The van der Waals surface area contributed by atoms with E-state index in [4.69, 9.17) is 14.2 Å². The zero-order valence-electron chi connectivity index (χ0n) is 14.8. The molecule has 0 saturated carbocycles. The third-order valence-corrected chi connectivity index (χ3v) is 3.39. The molecule has 0 unspecified atom stereocenters. The van der Waals surface area contributed by atoms with E-state index in [2.05, 4.69) is 0 Å². The zero-order valence-corrected chi connectivity index (χ0v) is 14.8. The fourth-order valence-electron chi connectivity index (χ4n) is 2.15. The van der Waals surface area contributed by atoms with Crippen molar-refractivity contribution >= 4 is 17.7 Å². The van der Waals surface area contributed by atoms with E-state index in [0.717, 1.165) is 30.7 Å². The fourth-order valence-corrected chi connectivity index (χ4v) is 2.15. The second-order valence-electron chi connectivity index (χ2n) is 5.38. The van der Waals surface area contributed by atoms with Gasteiger partial charge in [0.2, 0.25) is 5.75 Å². The summed E-state index contributed by atoms with van der Waals surface area (Å²) < 4.78 is 28.9. The molecule has 27 heavy (non-hydrogen) atoms. The topological polar surface area (TPSA) is 87.9 Å². The first-order valence-corrected chi connectivity index (χ1v) is 8.09. The Bertz CT molecular complexity index is 865. The van der Waals surface area contributed by atoms with Crippen LogP contribution in [-0.2, 0) is 4.79 Å². The Morgan fingerprint density at radius 1 is 1.19 bits per heavy atom. The number of nitro benzene ring substituents is 1. The summed E-state index contributed by atoms with van der Waals surface area (Å²) in [6.45, 7) is 2.53. The molecule has 0 saturated heterocycles. The number of nitro groups is 1. The Balaban J connectivity index is 2.13. The number of benzene rings is 2. The van der Waals surface area contributed by atoms with Gasteiger partial charge in [0.25, 0.3) is 0 Å². The average Bonchev–Trinajstić information content (AvgIpc) is 2.64. The Morgan fingerprint density at radius 2 is 1.96 bits per heavy atom. The van der Waals surface area contributed by atoms with Crippen LogP contribution in [0.4, 0.5) is 10.1 Å². The minimum absolute atomic E-state index is 0.462. The van der Waals surface area contributed by atoms with Crippen molar-refractivity contribution in [1.82, 2.24) is 0 Å². The summed E-state index contributed by atoms with van der Waals surface area (Å²) >= 11 is 0. The lowest BCUT2D eigenvalue weighted by Gasteiger charge is -2.10. The number of esters is 1. The molecule has 8 heteroatoms. The predicted molar refractivity (Wildman–Crippen MR) is 96.5 cm³/mol. The van der Waals surface area contributed by atoms with Crippen LogP contribution < -0.4 is 14.2 Å². The maximum Gasteiger partial charge on any atom is 0.336 e. The van der Waals surface area contributed by atoms with Crippen molar-refractivity contribution in [3.05, 3.63) is 64.0 Å². The highest BCUT2D eigenvalue weighted by Gasteiger charge is 2.18. The number of nitrogens with zero attached hydrogens (tertiary/aromatic N) is 1. The first-order chi connectivity index (χ1) is 12.9. The Kier molecular flexibility index (Phi) is 6.87. The summed E-state index contributed by atoms with van der Waals surface area (Å²) in [6.07, 6.45) is 3.37. The molecule has 7 nitrogen and oxygen atoms in total.